The number of ether oxygens (including phenoxy) is 1. The second kappa shape index (κ2) is 8.30. The molecule has 2 heterocycles. The molecule has 2 amide bonds. The standard InChI is InChI=1S/C20H22N4O3S2/c1-11-15(13-10-28-18(22-13)24-17(26)20(2,3)4)29-19(21-11)23-16(25)12-8-6-7-9-14(12)27-5/h6-10H,1-5H3,(H,21,23,25)(H,22,24,26). The van der Waals surface area contributed by atoms with E-state index in [0.717, 1.165) is 10.6 Å². The molecule has 7 nitrogen and oxygen atoms in total. The highest BCUT2D eigenvalue weighted by Crippen LogP contribution is 2.35. The number of hydrogen-bond donors (Lipinski definition) is 2. The minimum atomic E-state index is -0.498. The van der Waals surface area contributed by atoms with Crippen LogP contribution in [0.3, 0.4) is 0 Å². The molecule has 3 rings (SSSR count). The molecule has 0 bridgehead atoms. The van der Waals surface area contributed by atoms with Crippen molar-refractivity contribution in [2.24, 2.45) is 5.41 Å². The van der Waals surface area contributed by atoms with E-state index >= 15 is 0 Å². The summed E-state index contributed by atoms with van der Waals surface area (Å²) in [6.07, 6.45) is 0. The summed E-state index contributed by atoms with van der Waals surface area (Å²) >= 11 is 2.69. The predicted octanol–water partition coefficient (Wildman–Crippen LogP) is 4.82. The number of aryl methyl sites for hydroxylation is 1. The summed E-state index contributed by atoms with van der Waals surface area (Å²) in [6.45, 7) is 7.40. The molecule has 1 aromatic carbocycles. The third-order valence-electron chi connectivity index (χ3n) is 4.01. The van der Waals surface area contributed by atoms with E-state index < -0.39 is 5.41 Å². The smallest absolute Gasteiger partial charge is 0.261 e. The number of methoxy groups -OCH3 is 1. The zero-order chi connectivity index (χ0) is 21.2. The van der Waals surface area contributed by atoms with E-state index in [4.69, 9.17) is 4.74 Å². The molecule has 9 heteroatoms. The van der Waals surface area contributed by atoms with Crippen LogP contribution in [0.4, 0.5) is 10.3 Å². The Morgan fingerprint density at radius 3 is 2.48 bits per heavy atom. The number of hydrogen-bond acceptors (Lipinski definition) is 7. The van der Waals surface area contributed by atoms with E-state index in [1.807, 2.05) is 33.1 Å². The number of para-hydroxylation sites is 1. The van der Waals surface area contributed by atoms with Gasteiger partial charge in [-0.15, -0.1) is 11.3 Å². The zero-order valence-electron chi connectivity index (χ0n) is 16.8. The summed E-state index contributed by atoms with van der Waals surface area (Å²) < 4.78 is 5.24. The second-order valence-corrected chi connectivity index (χ2v) is 9.19. The van der Waals surface area contributed by atoms with Crippen LogP contribution in [0.25, 0.3) is 10.6 Å². The van der Waals surface area contributed by atoms with Gasteiger partial charge in [0.1, 0.15) is 5.75 Å². The quantitative estimate of drug-likeness (QED) is 0.605. The minimum Gasteiger partial charge on any atom is -0.496 e. The van der Waals surface area contributed by atoms with E-state index in [2.05, 4.69) is 20.6 Å². The average Bonchev–Trinajstić information content (AvgIpc) is 3.27. The number of nitrogens with zero attached hydrogens (tertiary/aromatic N) is 2. The third kappa shape index (κ3) is 4.80. The largest absolute Gasteiger partial charge is 0.496 e. The number of amides is 2. The Morgan fingerprint density at radius 2 is 1.79 bits per heavy atom. The maximum atomic E-state index is 12.6. The van der Waals surface area contributed by atoms with Crippen LogP contribution < -0.4 is 15.4 Å². The minimum absolute atomic E-state index is 0.0933. The molecule has 0 saturated carbocycles. The summed E-state index contributed by atoms with van der Waals surface area (Å²) in [5.41, 5.74) is 1.41. The molecule has 0 unspecified atom stereocenters. The monoisotopic (exact) mass is 430 g/mol. The fourth-order valence-corrected chi connectivity index (χ4v) is 4.10. The van der Waals surface area contributed by atoms with Crippen LogP contribution in [-0.2, 0) is 4.79 Å². The number of thiazole rings is 2. The molecule has 29 heavy (non-hydrogen) atoms. The summed E-state index contributed by atoms with van der Waals surface area (Å²) in [5.74, 6) is 0.112. The van der Waals surface area contributed by atoms with Crippen molar-refractivity contribution in [1.82, 2.24) is 9.97 Å². The topological polar surface area (TPSA) is 93.2 Å². The average molecular weight is 431 g/mol. The first kappa shape index (κ1) is 20.9. The molecule has 0 spiro atoms. The molecule has 0 fully saturated rings. The van der Waals surface area contributed by atoms with Crippen molar-refractivity contribution in [3.8, 4) is 16.3 Å². The van der Waals surface area contributed by atoms with Crippen LogP contribution in [0.2, 0.25) is 0 Å². The van der Waals surface area contributed by atoms with Gasteiger partial charge in [-0.1, -0.05) is 44.2 Å². The lowest BCUT2D eigenvalue weighted by molar-refractivity contribution is -0.123. The van der Waals surface area contributed by atoms with Crippen LogP contribution in [-0.4, -0.2) is 28.9 Å². The van der Waals surface area contributed by atoms with E-state index in [0.29, 0.717) is 27.3 Å². The first-order chi connectivity index (χ1) is 13.7. The number of anilines is 2. The van der Waals surface area contributed by atoms with Crippen LogP contribution in [0.15, 0.2) is 29.6 Å². The SMILES string of the molecule is COc1ccccc1C(=O)Nc1nc(C)c(-c2csc(NC(=O)C(C)(C)C)n2)s1. The maximum Gasteiger partial charge on any atom is 0.261 e. The Hall–Kier alpha value is -2.78. The van der Waals surface area contributed by atoms with E-state index in [-0.39, 0.29) is 11.8 Å². The van der Waals surface area contributed by atoms with Gasteiger partial charge in [0.25, 0.3) is 5.91 Å². The normalized spacial score (nSPS) is 11.2. The number of carbonyl (C=O) groups excluding carboxylic acids is 2. The van der Waals surface area contributed by atoms with Crippen molar-refractivity contribution < 1.29 is 14.3 Å². The highest BCUT2D eigenvalue weighted by Gasteiger charge is 2.23. The molecule has 2 aromatic heterocycles. The molecule has 0 aliphatic rings. The summed E-state index contributed by atoms with van der Waals surface area (Å²) in [5, 5.41) is 8.52. The van der Waals surface area contributed by atoms with Gasteiger partial charge in [0, 0.05) is 10.8 Å². The highest BCUT2D eigenvalue weighted by atomic mass is 32.1. The lowest BCUT2D eigenvalue weighted by Gasteiger charge is -2.15. The van der Waals surface area contributed by atoms with Crippen LogP contribution >= 0.6 is 22.7 Å². The number of carbonyl (C=O) groups is 2. The molecule has 0 saturated heterocycles. The highest BCUT2D eigenvalue weighted by molar-refractivity contribution is 7.20. The molecule has 2 N–H and O–H groups in total. The fraction of sp³-hybridized carbons (Fsp3) is 0.300. The van der Waals surface area contributed by atoms with Gasteiger partial charge in [0.2, 0.25) is 5.91 Å². The fourth-order valence-electron chi connectivity index (χ4n) is 2.40. The van der Waals surface area contributed by atoms with Crippen molar-refractivity contribution in [3.05, 3.63) is 40.9 Å². The van der Waals surface area contributed by atoms with Crippen molar-refractivity contribution >= 4 is 44.8 Å². The molecular weight excluding hydrogens is 408 g/mol. The molecule has 0 radical (unpaired) electrons. The Morgan fingerprint density at radius 1 is 1.07 bits per heavy atom. The lowest BCUT2D eigenvalue weighted by atomic mass is 9.96. The van der Waals surface area contributed by atoms with Crippen LogP contribution in [0.1, 0.15) is 36.8 Å². The number of nitrogens with one attached hydrogen (secondary N) is 2. The second-order valence-electron chi connectivity index (χ2n) is 7.33. The Kier molecular flexibility index (Phi) is 5.99. The molecule has 0 aliphatic carbocycles. The van der Waals surface area contributed by atoms with E-state index in [1.165, 1.54) is 29.8 Å². The van der Waals surface area contributed by atoms with E-state index in [1.54, 1.807) is 24.3 Å². The third-order valence-corrected chi connectivity index (χ3v) is 5.86. The Bertz CT molecular complexity index is 1050. The zero-order valence-corrected chi connectivity index (χ0v) is 18.5. The van der Waals surface area contributed by atoms with Gasteiger partial charge >= 0.3 is 0 Å². The first-order valence-corrected chi connectivity index (χ1v) is 10.6. The van der Waals surface area contributed by atoms with Gasteiger partial charge in [-0.2, -0.15) is 0 Å². The van der Waals surface area contributed by atoms with Crippen molar-refractivity contribution in [2.45, 2.75) is 27.7 Å². The van der Waals surface area contributed by atoms with Crippen molar-refractivity contribution in [2.75, 3.05) is 17.7 Å². The van der Waals surface area contributed by atoms with Gasteiger partial charge in [-0.05, 0) is 19.1 Å². The number of benzene rings is 1. The summed E-state index contributed by atoms with van der Waals surface area (Å²) in [7, 11) is 1.52. The van der Waals surface area contributed by atoms with Crippen LogP contribution in [0, 0.1) is 12.3 Å². The van der Waals surface area contributed by atoms with Gasteiger partial charge in [-0.25, -0.2) is 9.97 Å². The first-order valence-electron chi connectivity index (χ1n) is 8.88. The summed E-state index contributed by atoms with van der Waals surface area (Å²) in [4.78, 5) is 34.5. The van der Waals surface area contributed by atoms with Crippen LogP contribution in [0.5, 0.6) is 5.75 Å². The molecule has 3 aromatic rings. The lowest BCUT2D eigenvalue weighted by Crippen LogP contribution is -2.27. The van der Waals surface area contributed by atoms with Gasteiger partial charge < -0.3 is 10.1 Å². The van der Waals surface area contributed by atoms with Crippen molar-refractivity contribution in [1.29, 1.82) is 0 Å². The van der Waals surface area contributed by atoms with Crippen molar-refractivity contribution in [3.63, 3.8) is 0 Å². The molecule has 152 valence electrons. The Balaban J connectivity index is 1.77. The maximum absolute atomic E-state index is 12.6. The van der Waals surface area contributed by atoms with E-state index in [9.17, 15) is 9.59 Å². The van der Waals surface area contributed by atoms with Gasteiger partial charge in [-0.3, -0.25) is 14.9 Å². The van der Waals surface area contributed by atoms with Gasteiger partial charge in [0.05, 0.1) is 28.9 Å². The number of aromatic nitrogens is 2. The predicted molar refractivity (Wildman–Crippen MR) is 117 cm³/mol. The van der Waals surface area contributed by atoms with Gasteiger partial charge in [0.15, 0.2) is 10.3 Å². The summed E-state index contributed by atoms with van der Waals surface area (Å²) in [6, 6.07) is 7.01. The molecule has 0 aliphatic heterocycles. The molecular formula is C20H22N4O3S2. The molecule has 0 atom stereocenters. The number of rotatable bonds is 5. The Labute approximate surface area is 177 Å².